The molecule has 0 aromatic heterocycles. The molecule has 1 aliphatic heterocycles. The quantitative estimate of drug-likeness (QED) is 0.661. The number of likely N-dealkylation sites (N-methyl/N-ethyl adjacent to an activating group) is 1. The maximum absolute atomic E-state index is 11.5. The smallest absolute Gasteiger partial charge is 0.317 e. The molecule has 14 heavy (non-hydrogen) atoms. The van der Waals surface area contributed by atoms with Crippen LogP contribution in [0.4, 0.5) is 4.79 Å². The summed E-state index contributed by atoms with van der Waals surface area (Å²) in [5, 5.41) is 0. The van der Waals surface area contributed by atoms with E-state index in [1.807, 2.05) is 19.9 Å². The standard InChI is InChI=1S/C11H16N2O/c1-5-9-7-11(3,6-2)13(4)10(14)12-8-9/h5,7-8H,1,6H2,2-4H3. The summed E-state index contributed by atoms with van der Waals surface area (Å²) in [6, 6.07) is -0.206. The third-order valence-electron chi connectivity index (χ3n) is 2.81. The molecule has 1 aliphatic rings. The second-order valence-corrected chi connectivity index (χ2v) is 3.66. The molecule has 0 aliphatic carbocycles. The number of carbonyl (C=O) groups excluding carboxylic acids is 1. The molecule has 0 saturated carbocycles. The highest BCUT2D eigenvalue weighted by molar-refractivity contribution is 5.94. The van der Waals surface area contributed by atoms with Gasteiger partial charge in [0, 0.05) is 13.3 Å². The van der Waals surface area contributed by atoms with Crippen LogP contribution in [0.1, 0.15) is 20.3 Å². The van der Waals surface area contributed by atoms with Gasteiger partial charge < -0.3 is 4.90 Å². The molecular weight excluding hydrogens is 176 g/mol. The second kappa shape index (κ2) is 3.78. The zero-order chi connectivity index (χ0) is 10.8. The predicted molar refractivity (Wildman–Crippen MR) is 58.6 cm³/mol. The summed E-state index contributed by atoms with van der Waals surface area (Å²) in [4.78, 5) is 17.0. The molecule has 0 bridgehead atoms. The minimum atomic E-state index is -0.267. The molecule has 1 atom stereocenters. The van der Waals surface area contributed by atoms with Crippen molar-refractivity contribution in [1.82, 2.24) is 4.90 Å². The first-order valence-electron chi connectivity index (χ1n) is 4.70. The lowest BCUT2D eigenvalue weighted by Crippen LogP contribution is -2.43. The fraction of sp³-hybridized carbons (Fsp3) is 0.455. The molecule has 1 rings (SSSR count). The van der Waals surface area contributed by atoms with Crippen molar-refractivity contribution in [2.24, 2.45) is 4.99 Å². The average molecular weight is 192 g/mol. The van der Waals surface area contributed by atoms with Gasteiger partial charge in [0.1, 0.15) is 0 Å². The molecule has 1 unspecified atom stereocenters. The maximum Gasteiger partial charge on any atom is 0.343 e. The summed E-state index contributed by atoms with van der Waals surface area (Å²) >= 11 is 0. The van der Waals surface area contributed by atoms with E-state index in [0.717, 1.165) is 12.0 Å². The van der Waals surface area contributed by atoms with Crippen LogP contribution in [0.5, 0.6) is 0 Å². The van der Waals surface area contributed by atoms with Crippen molar-refractivity contribution in [2.45, 2.75) is 25.8 Å². The Bertz CT molecular complexity index is 317. The molecule has 0 saturated heterocycles. The van der Waals surface area contributed by atoms with E-state index in [2.05, 4.69) is 11.6 Å². The Labute approximate surface area is 84.8 Å². The van der Waals surface area contributed by atoms with Gasteiger partial charge in [-0.2, -0.15) is 0 Å². The molecule has 3 nitrogen and oxygen atoms in total. The van der Waals surface area contributed by atoms with Crippen LogP contribution in [-0.2, 0) is 0 Å². The molecular formula is C11H16N2O. The van der Waals surface area contributed by atoms with E-state index in [0.29, 0.717) is 0 Å². The van der Waals surface area contributed by atoms with Crippen molar-refractivity contribution >= 4 is 12.2 Å². The van der Waals surface area contributed by atoms with E-state index in [-0.39, 0.29) is 11.6 Å². The van der Waals surface area contributed by atoms with Gasteiger partial charge >= 0.3 is 6.03 Å². The summed E-state index contributed by atoms with van der Waals surface area (Å²) < 4.78 is 0. The Morgan fingerprint density at radius 3 is 2.86 bits per heavy atom. The lowest BCUT2D eigenvalue weighted by atomic mass is 9.94. The highest BCUT2D eigenvalue weighted by atomic mass is 16.2. The van der Waals surface area contributed by atoms with Crippen LogP contribution >= 0.6 is 0 Å². The van der Waals surface area contributed by atoms with Crippen molar-refractivity contribution in [3.63, 3.8) is 0 Å². The Morgan fingerprint density at radius 1 is 1.71 bits per heavy atom. The molecule has 0 fully saturated rings. The minimum Gasteiger partial charge on any atom is -0.317 e. The number of allylic oxidation sites excluding steroid dienone is 2. The molecule has 0 aromatic rings. The number of amides is 2. The largest absolute Gasteiger partial charge is 0.343 e. The van der Waals surface area contributed by atoms with Gasteiger partial charge in [0.05, 0.1) is 5.54 Å². The Kier molecular flexibility index (Phi) is 2.89. The third kappa shape index (κ3) is 1.76. The molecule has 2 amide bonds. The maximum atomic E-state index is 11.5. The van der Waals surface area contributed by atoms with E-state index in [9.17, 15) is 4.79 Å². The number of carbonyl (C=O) groups is 1. The van der Waals surface area contributed by atoms with Gasteiger partial charge in [-0.3, -0.25) is 0 Å². The van der Waals surface area contributed by atoms with Crippen LogP contribution in [0, 0.1) is 0 Å². The van der Waals surface area contributed by atoms with Gasteiger partial charge in [-0.05, 0) is 18.9 Å². The molecule has 0 N–H and O–H groups in total. The van der Waals surface area contributed by atoms with E-state index in [4.69, 9.17) is 0 Å². The number of hydrogen-bond acceptors (Lipinski definition) is 1. The number of aliphatic imine (C=N–C) groups is 1. The lowest BCUT2D eigenvalue weighted by molar-refractivity contribution is 0.178. The van der Waals surface area contributed by atoms with Gasteiger partial charge in [-0.25, -0.2) is 9.79 Å². The topological polar surface area (TPSA) is 32.7 Å². The first kappa shape index (κ1) is 10.7. The average Bonchev–Trinajstić information content (AvgIpc) is 2.31. The van der Waals surface area contributed by atoms with Crippen LogP contribution in [0.2, 0.25) is 0 Å². The number of rotatable bonds is 2. The van der Waals surface area contributed by atoms with Crippen LogP contribution in [-0.4, -0.2) is 29.7 Å². The van der Waals surface area contributed by atoms with Gasteiger partial charge in [0.2, 0.25) is 0 Å². The highest BCUT2D eigenvalue weighted by Gasteiger charge is 2.30. The highest BCUT2D eigenvalue weighted by Crippen LogP contribution is 2.23. The first-order chi connectivity index (χ1) is 6.53. The lowest BCUT2D eigenvalue weighted by Gasteiger charge is -2.33. The minimum absolute atomic E-state index is 0.206. The van der Waals surface area contributed by atoms with Gasteiger partial charge in [-0.1, -0.05) is 25.7 Å². The van der Waals surface area contributed by atoms with Crippen molar-refractivity contribution in [1.29, 1.82) is 0 Å². The van der Waals surface area contributed by atoms with E-state index >= 15 is 0 Å². The van der Waals surface area contributed by atoms with E-state index < -0.39 is 0 Å². The van der Waals surface area contributed by atoms with E-state index in [1.54, 1.807) is 24.2 Å². The molecule has 0 aromatic carbocycles. The first-order valence-corrected chi connectivity index (χ1v) is 4.70. The van der Waals surface area contributed by atoms with Crippen molar-refractivity contribution < 1.29 is 4.79 Å². The zero-order valence-electron chi connectivity index (χ0n) is 8.95. The Morgan fingerprint density at radius 2 is 2.36 bits per heavy atom. The summed E-state index contributed by atoms with van der Waals surface area (Å²) in [6.45, 7) is 7.75. The Hall–Kier alpha value is -1.38. The second-order valence-electron chi connectivity index (χ2n) is 3.66. The van der Waals surface area contributed by atoms with Crippen LogP contribution in [0.15, 0.2) is 29.3 Å². The predicted octanol–water partition coefficient (Wildman–Crippen LogP) is 2.40. The van der Waals surface area contributed by atoms with E-state index in [1.165, 1.54) is 0 Å². The molecule has 76 valence electrons. The molecule has 3 heteroatoms. The van der Waals surface area contributed by atoms with Crippen LogP contribution in [0.3, 0.4) is 0 Å². The van der Waals surface area contributed by atoms with Gasteiger partial charge in [-0.15, -0.1) is 0 Å². The summed E-state index contributed by atoms with van der Waals surface area (Å²) in [5.74, 6) is 0. The third-order valence-corrected chi connectivity index (χ3v) is 2.81. The van der Waals surface area contributed by atoms with Gasteiger partial charge in [0.25, 0.3) is 0 Å². The van der Waals surface area contributed by atoms with Gasteiger partial charge in [0.15, 0.2) is 0 Å². The monoisotopic (exact) mass is 192 g/mol. The molecule has 1 heterocycles. The number of urea groups is 1. The SMILES string of the molecule is C=CC1=CC(C)(CC)N(C)C(=O)N=C1. The normalized spacial score (nSPS) is 27.2. The van der Waals surface area contributed by atoms with Crippen molar-refractivity contribution in [2.75, 3.05) is 7.05 Å². The molecule has 0 radical (unpaired) electrons. The van der Waals surface area contributed by atoms with Crippen molar-refractivity contribution in [3.8, 4) is 0 Å². The van der Waals surface area contributed by atoms with Crippen molar-refractivity contribution in [3.05, 3.63) is 24.3 Å². The molecule has 0 spiro atoms. The fourth-order valence-corrected chi connectivity index (χ4v) is 1.38. The number of nitrogens with zero attached hydrogens (tertiary/aromatic N) is 2. The fourth-order valence-electron chi connectivity index (χ4n) is 1.38. The summed E-state index contributed by atoms with van der Waals surface area (Å²) in [5.41, 5.74) is 0.629. The number of hydrogen-bond donors (Lipinski definition) is 0. The zero-order valence-corrected chi connectivity index (χ0v) is 8.95. The summed E-state index contributed by atoms with van der Waals surface area (Å²) in [7, 11) is 1.77. The van der Waals surface area contributed by atoms with Crippen LogP contribution in [0.25, 0.3) is 0 Å². The Balaban J connectivity index is 3.16. The summed E-state index contributed by atoms with van der Waals surface area (Å²) in [6.07, 6.45) is 6.15. The van der Waals surface area contributed by atoms with Crippen LogP contribution < -0.4 is 0 Å².